The van der Waals surface area contributed by atoms with E-state index in [-0.39, 0.29) is 10.6 Å². The maximum Gasteiger partial charge on any atom is 0.334 e. The molecule has 0 aliphatic heterocycles. The van der Waals surface area contributed by atoms with Crippen LogP contribution in [0.5, 0.6) is 0 Å². The lowest BCUT2D eigenvalue weighted by Gasteiger charge is -2.32. The standard InChI is InChI=1S/C11H11ClFNO3/c1-11(10(16)17,14(2)6-15)7-3-4-9(13)8(12)5-7/h3-6H,1-2H3,(H,16,17). The van der Waals surface area contributed by atoms with Crippen LogP contribution >= 0.6 is 11.6 Å². The van der Waals surface area contributed by atoms with Crippen LogP contribution in [0.1, 0.15) is 12.5 Å². The van der Waals surface area contributed by atoms with Crippen LogP contribution in [0, 0.1) is 5.82 Å². The maximum absolute atomic E-state index is 13.0. The van der Waals surface area contributed by atoms with Crippen molar-refractivity contribution in [2.24, 2.45) is 0 Å². The Morgan fingerprint density at radius 2 is 2.18 bits per heavy atom. The molecule has 6 heteroatoms. The zero-order valence-electron chi connectivity index (χ0n) is 9.28. The van der Waals surface area contributed by atoms with Crippen LogP contribution in [-0.2, 0) is 15.1 Å². The Balaban J connectivity index is 3.37. The first-order valence-corrected chi connectivity index (χ1v) is 5.09. The normalized spacial score (nSPS) is 13.9. The molecule has 1 aromatic rings. The molecule has 0 bridgehead atoms. The van der Waals surface area contributed by atoms with E-state index in [4.69, 9.17) is 11.6 Å². The molecule has 4 nitrogen and oxygen atoms in total. The molecule has 0 fully saturated rings. The molecular formula is C11H11ClFNO3. The van der Waals surface area contributed by atoms with Crippen molar-refractivity contribution in [2.75, 3.05) is 7.05 Å². The van der Waals surface area contributed by atoms with Gasteiger partial charge in [0.1, 0.15) is 5.82 Å². The summed E-state index contributed by atoms with van der Waals surface area (Å²) in [5.74, 6) is -1.87. The number of carboxylic acid groups (broad SMARTS) is 1. The third kappa shape index (κ3) is 2.24. The Kier molecular flexibility index (Phi) is 3.72. The second-order valence-corrected chi connectivity index (χ2v) is 4.13. The fourth-order valence-corrected chi connectivity index (χ4v) is 1.56. The van der Waals surface area contributed by atoms with Gasteiger partial charge >= 0.3 is 5.97 Å². The van der Waals surface area contributed by atoms with Crippen molar-refractivity contribution in [3.8, 4) is 0 Å². The highest BCUT2D eigenvalue weighted by Gasteiger charge is 2.39. The first kappa shape index (κ1) is 13.4. The number of halogens is 2. The second-order valence-electron chi connectivity index (χ2n) is 3.72. The van der Waals surface area contributed by atoms with E-state index in [9.17, 15) is 19.1 Å². The van der Waals surface area contributed by atoms with Gasteiger partial charge in [0.2, 0.25) is 6.41 Å². The SMILES string of the molecule is CN(C=O)C(C)(C(=O)O)c1ccc(F)c(Cl)c1. The monoisotopic (exact) mass is 259 g/mol. The molecule has 1 atom stereocenters. The van der Waals surface area contributed by atoms with Crippen LogP contribution in [0.2, 0.25) is 5.02 Å². The van der Waals surface area contributed by atoms with Crippen molar-refractivity contribution < 1.29 is 19.1 Å². The van der Waals surface area contributed by atoms with Crippen molar-refractivity contribution >= 4 is 24.0 Å². The smallest absolute Gasteiger partial charge is 0.334 e. The Bertz CT molecular complexity index is 466. The summed E-state index contributed by atoms with van der Waals surface area (Å²) in [4.78, 5) is 23.0. The van der Waals surface area contributed by atoms with Gasteiger partial charge in [0, 0.05) is 7.05 Å². The van der Waals surface area contributed by atoms with E-state index in [0.29, 0.717) is 6.41 Å². The summed E-state index contributed by atoms with van der Waals surface area (Å²) < 4.78 is 13.0. The number of amides is 1. The summed E-state index contributed by atoms with van der Waals surface area (Å²) in [6.07, 6.45) is 0.394. The largest absolute Gasteiger partial charge is 0.479 e. The molecule has 0 aromatic heterocycles. The number of hydrogen-bond acceptors (Lipinski definition) is 2. The molecular weight excluding hydrogens is 249 g/mol. The van der Waals surface area contributed by atoms with Gasteiger partial charge in [-0.25, -0.2) is 9.18 Å². The predicted molar refractivity (Wildman–Crippen MR) is 60.2 cm³/mol. The summed E-state index contributed by atoms with van der Waals surface area (Å²) in [5.41, 5.74) is -1.36. The molecule has 17 heavy (non-hydrogen) atoms. The highest BCUT2D eigenvalue weighted by Crippen LogP contribution is 2.29. The molecule has 1 amide bonds. The highest BCUT2D eigenvalue weighted by atomic mass is 35.5. The Morgan fingerprint density at radius 3 is 2.59 bits per heavy atom. The average Bonchev–Trinajstić information content (AvgIpc) is 2.30. The summed E-state index contributed by atoms with van der Waals surface area (Å²) in [7, 11) is 1.33. The van der Waals surface area contributed by atoms with Crippen molar-refractivity contribution in [1.82, 2.24) is 4.90 Å². The minimum Gasteiger partial charge on any atom is -0.479 e. The summed E-state index contributed by atoms with van der Waals surface area (Å²) >= 11 is 5.60. The van der Waals surface area contributed by atoms with Crippen LogP contribution in [0.4, 0.5) is 4.39 Å². The molecule has 0 heterocycles. The van der Waals surface area contributed by atoms with Gasteiger partial charge in [0.05, 0.1) is 5.02 Å². The fourth-order valence-electron chi connectivity index (χ4n) is 1.38. The van der Waals surface area contributed by atoms with Crippen LogP contribution in [0.15, 0.2) is 18.2 Å². The molecule has 1 unspecified atom stereocenters. The number of nitrogens with zero attached hydrogens (tertiary/aromatic N) is 1. The van der Waals surface area contributed by atoms with E-state index in [0.717, 1.165) is 11.0 Å². The first-order chi connectivity index (χ1) is 7.83. The van der Waals surface area contributed by atoms with E-state index >= 15 is 0 Å². The minimum absolute atomic E-state index is 0.186. The number of carbonyl (C=O) groups excluding carboxylic acids is 1. The fraction of sp³-hybridized carbons (Fsp3) is 0.273. The van der Waals surface area contributed by atoms with Gasteiger partial charge in [-0.15, -0.1) is 0 Å². The molecule has 0 aliphatic rings. The van der Waals surface area contributed by atoms with Gasteiger partial charge in [-0.05, 0) is 24.6 Å². The van der Waals surface area contributed by atoms with Crippen molar-refractivity contribution in [2.45, 2.75) is 12.5 Å². The first-order valence-electron chi connectivity index (χ1n) is 4.71. The number of benzene rings is 1. The predicted octanol–water partition coefficient (Wildman–Crippen LogP) is 1.87. The average molecular weight is 260 g/mol. The zero-order valence-corrected chi connectivity index (χ0v) is 10.0. The third-order valence-corrected chi connectivity index (χ3v) is 3.05. The van der Waals surface area contributed by atoms with Gasteiger partial charge in [0.15, 0.2) is 5.54 Å². The van der Waals surface area contributed by atoms with Crippen LogP contribution in [-0.4, -0.2) is 29.4 Å². The maximum atomic E-state index is 13.0. The van der Waals surface area contributed by atoms with E-state index in [1.165, 1.54) is 26.1 Å². The lowest BCUT2D eigenvalue weighted by atomic mass is 9.91. The quantitative estimate of drug-likeness (QED) is 0.840. The number of rotatable bonds is 4. The van der Waals surface area contributed by atoms with Crippen LogP contribution in [0.3, 0.4) is 0 Å². The lowest BCUT2D eigenvalue weighted by Crippen LogP contribution is -2.47. The zero-order chi connectivity index (χ0) is 13.2. The number of carbonyl (C=O) groups is 2. The van der Waals surface area contributed by atoms with Gasteiger partial charge < -0.3 is 10.0 Å². The second kappa shape index (κ2) is 4.71. The van der Waals surface area contributed by atoms with E-state index in [1.807, 2.05) is 0 Å². The van der Waals surface area contributed by atoms with Crippen LogP contribution in [0.25, 0.3) is 0 Å². The van der Waals surface area contributed by atoms with Crippen molar-refractivity contribution in [3.63, 3.8) is 0 Å². The van der Waals surface area contributed by atoms with Gasteiger partial charge in [-0.2, -0.15) is 0 Å². The van der Waals surface area contributed by atoms with Crippen molar-refractivity contribution in [3.05, 3.63) is 34.6 Å². The van der Waals surface area contributed by atoms with E-state index in [1.54, 1.807) is 0 Å². The van der Waals surface area contributed by atoms with Crippen molar-refractivity contribution in [1.29, 1.82) is 0 Å². The number of carboxylic acids is 1. The highest BCUT2D eigenvalue weighted by molar-refractivity contribution is 6.30. The Hall–Kier alpha value is -1.62. The van der Waals surface area contributed by atoms with Crippen LogP contribution < -0.4 is 0 Å². The van der Waals surface area contributed by atoms with Gasteiger partial charge in [-0.3, -0.25) is 4.79 Å². The molecule has 1 rings (SSSR count). The topological polar surface area (TPSA) is 57.6 Å². The van der Waals surface area contributed by atoms with E-state index < -0.39 is 17.3 Å². The summed E-state index contributed by atoms with van der Waals surface area (Å²) in [6, 6.07) is 3.55. The molecule has 1 aromatic carbocycles. The molecule has 0 radical (unpaired) electrons. The number of hydrogen-bond donors (Lipinski definition) is 1. The molecule has 0 spiro atoms. The molecule has 0 aliphatic carbocycles. The molecule has 0 saturated carbocycles. The lowest BCUT2D eigenvalue weighted by molar-refractivity contribution is -0.153. The van der Waals surface area contributed by atoms with Gasteiger partial charge in [0.25, 0.3) is 0 Å². The molecule has 1 N–H and O–H groups in total. The summed E-state index contributed by atoms with van der Waals surface area (Å²) in [6.45, 7) is 1.34. The Labute approximate surface area is 103 Å². The van der Waals surface area contributed by atoms with Gasteiger partial charge in [-0.1, -0.05) is 17.7 Å². The third-order valence-electron chi connectivity index (χ3n) is 2.76. The molecule has 0 saturated heterocycles. The molecule has 92 valence electrons. The number of aliphatic carboxylic acids is 1. The minimum atomic E-state index is -1.58. The van der Waals surface area contributed by atoms with E-state index in [2.05, 4.69) is 0 Å². The Morgan fingerprint density at radius 1 is 1.59 bits per heavy atom. The number of likely N-dealkylation sites (N-methyl/N-ethyl adjacent to an activating group) is 1. The summed E-state index contributed by atoms with van der Waals surface area (Å²) in [5, 5.41) is 9.02.